The molecule has 0 saturated heterocycles. The Hall–Kier alpha value is -1.14. The van der Waals surface area contributed by atoms with Crippen LogP contribution >= 0.6 is 0 Å². The summed E-state index contributed by atoms with van der Waals surface area (Å²) in [6, 6.07) is 3.39. The number of ether oxygens (including phenoxy) is 1. The van der Waals surface area contributed by atoms with E-state index in [1.165, 1.54) is 0 Å². The monoisotopic (exact) mass is 262 g/mol. The van der Waals surface area contributed by atoms with Gasteiger partial charge < -0.3 is 10.1 Å². The van der Waals surface area contributed by atoms with Crippen LogP contribution in [-0.4, -0.2) is 30.9 Å². The summed E-state index contributed by atoms with van der Waals surface area (Å²) in [6.45, 7) is 3.13. The van der Waals surface area contributed by atoms with Gasteiger partial charge in [-0.15, -0.1) is 0 Å². The van der Waals surface area contributed by atoms with Gasteiger partial charge in [0.1, 0.15) is 6.61 Å². The van der Waals surface area contributed by atoms with E-state index in [1.54, 1.807) is 6.20 Å². The summed E-state index contributed by atoms with van der Waals surface area (Å²) in [5, 5.41) is 3.07. The summed E-state index contributed by atoms with van der Waals surface area (Å²) in [4.78, 5) is 4.12. The molecule has 1 N–H and O–H groups in total. The van der Waals surface area contributed by atoms with Gasteiger partial charge in [-0.25, -0.2) is 0 Å². The summed E-state index contributed by atoms with van der Waals surface area (Å²) in [7, 11) is 0. The van der Waals surface area contributed by atoms with Crippen molar-refractivity contribution in [3.63, 3.8) is 0 Å². The largest absolute Gasteiger partial charge is 0.411 e. The molecule has 6 heteroatoms. The Morgan fingerprint density at radius 2 is 2.11 bits per heavy atom. The Morgan fingerprint density at radius 3 is 2.61 bits per heavy atom. The number of nitrogens with zero attached hydrogens (tertiary/aromatic N) is 1. The first-order valence-electron chi connectivity index (χ1n) is 5.73. The van der Waals surface area contributed by atoms with E-state index in [1.807, 2.05) is 26.0 Å². The molecule has 0 amide bonds. The second-order valence-electron chi connectivity index (χ2n) is 3.97. The maximum absolute atomic E-state index is 12.0. The molecular weight excluding hydrogens is 245 g/mol. The van der Waals surface area contributed by atoms with Gasteiger partial charge in [0.15, 0.2) is 0 Å². The minimum atomic E-state index is -4.29. The number of likely N-dealkylation sites (N-methyl/N-ethyl adjacent to an activating group) is 1. The topological polar surface area (TPSA) is 34.1 Å². The van der Waals surface area contributed by atoms with Crippen LogP contribution < -0.4 is 5.32 Å². The van der Waals surface area contributed by atoms with Gasteiger partial charge in [0.05, 0.1) is 12.6 Å². The van der Waals surface area contributed by atoms with Gasteiger partial charge in [-0.05, 0) is 25.1 Å². The van der Waals surface area contributed by atoms with Gasteiger partial charge in [-0.1, -0.05) is 13.0 Å². The molecule has 1 unspecified atom stereocenters. The molecule has 1 heterocycles. The van der Waals surface area contributed by atoms with Crippen LogP contribution in [0, 0.1) is 6.92 Å². The number of hydrogen-bond donors (Lipinski definition) is 1. The van der Waals surface area contributed by atoms with Crippen molar-refractivity contribution < 1.29 is 17.9 Å². The molecule has 18 heavy (non-hydrogen) atoms. The van der Waals surface area contributed by atoms with Crippen molar-refractivity contribution in [3.8, 4) is 0 Å². The summed E-state index contributed by atoms with van der Waals surface area (Å²) < 4.78 is 40.7. The second-order valence-corrected chi connectivity index (χ2v) is 3.97. The molecule has 1 rings (SSSR count). The fourth-order valence-electron chi connectivity index (χ4n) is 1.50. The van der Waals surface area contributed by atoms with Crippen LogP contribution in [0.2, 0.25) is 0 Å². The molecule has 0 aliphatic rings. The van der Waals surface area contributed by atoms with E-state index in [0.29, 0.717) is 6.54 Å². The molecule has 1 aromatic rings. The Labute approximate surface area is 104 Å². The van der Waals surface area contributed by atoms with E-state index in [0.717, 1.165) is 11.3 Å². The number of aryl methyl sites for hydroxylation is 1. The highest BCUT2D eigenvalue weighted by molar-refractivity contribution is 5.17. The minimum absolute atomic E-state index is 0.0297. The van der Waals surface area contributed by atoms with Crippen molar-refractivity contribution >= 4 is 0 Å². The zero-order valence-electron chi connectivity index (χ0n) is 10.4. The molecule has 0 radical (unpaired) electrons. The predicted molar refractivity (Wildman–Crippen MR) is 62.3 cm³/mol. The Morgan fingerprint density at radius 1 is 1.39 bits per heavy atom. The van der Waals surface area contributed by atoms with Crippen LogP contribution in [0.1, 0.15) is 24.2 Å². The summed E-state index contributed by atoms with van der Waals surface area (Å²) >= 11 is 0. The first-order chi connectivity index (χ1) is 8.42. The number of nitrogens with one attached hydrogen (secondary N) is 1. The van der Waals surface area contributed by atoms with E-state index in [4.69, 9.17) is 0 Å². The maximum atomic E-state index is 12.0. The molecule has 3 nitrogen and oxygen atoms in total. The first-order valence-corrected chi connectivity index (χ1v) is 5.73. The van der Waals surface area contributed by atoms with Crippen molar-refractivity contribution in [3.05, 3.63) is 29.6 Å². The molecule has 0 saturated carbocycles. The van der Waals surface area contributed by atoms with Gasteiger partial charge in [0.25, 0.3) is 0 Å². The Kier molecular flexibility index (Phi) is 5.55. The zero-order chi connectivity index (χ0) is 13.6. The number of hydrogen-bond acceptors (Lipinski definition) is 3. The average Bonchev–Trinajstić information content (AvgIpc) is 2.27. The number of aromatic nitrogens is 1. The molecule has 1 atom stereocenters. The standard InChI is InChI=1S/C12H17F3N2O/c1-3-16-11(7-18-8-12(13,14)15)10-5-4-9(2)17-6-10/h4-6,11,16H,3,7-8H2,1-2H3. The number of pyridine rings is 1. The molecule has 0 aliphatic heterocycles. The van der Waals surface area contributed by atoms with E-state index in [-0.39, 0.29) is 12.6 Å². The molecule has 0 aliphatic carbocycles. The van der Waals surface area contributed by atoms with Crippen molar-refractivity contribution in [2.24, 2.45) is 0 Å². The summed E-state index contributed by atoms with van der Waals surface area (Å²) in [5.74, 6) is 0. The van der Waals surface area contributed by atoms with Gasteiger partial charge >= 0.3 is 6.18 Å². The van der Waals surface area contributed by atoms with Crippen molar-refractivity contribution in [2.75, 3.05) is 19.8 Å². The third kappa shape index (κ3) is 5.46. The maximum Gasteiger partial charge on any atom is 0.411 e. The van der Waals surface area contributed by atoms with Gasteiger partial charge in [0, 0.05) is 11.9 Å². The summed E-state index contributed by atoms with van der Waals surface area (Å²) in [5.41, 5.74) is 1.69. The van der Waals surface area contributed by atoms with Crippen LogP contribution in [0.3, 0.4) is 0 Å². The lowest BCUT2D eigenvalue weighted by atomic mass is 10.1. The fraction of sp³-hybridized carbons (Fsp3) is 0.583. The Bertz CT molecular complexity index is 351. The third-order valence-electron chi connectivity index (χ3n) is 2.34. The van der Waals surface area contributed by atoms with Crippen LogP contribution in [0.15, 0.2) is 18.3 Å². The highest BCUT2D eigenvalue weighted by atomic mass is 19.4. The van der Waals surface area contributed by atoms with Gasteiger partial charge in [0.2, 0.25) is 0 Å². The highest BCUT2D eigenvalue weighted by Gasteiger charge is 2.28. The van der Waals surface area contributed by atoms with Crippen molar-refractivity contribution in [1.29, 1.82) is 0 Å². The first kappa shape index (κ1) is 14.9. The average molecular weight is 262 g/mol. The number of rotatable bonds is 6. The highest BCUT2D eigenvalue weighted by Crippen LogP contribution is 2.17. The lowest BCUT2D eigenvalue weighted by Crippen LogP contribution is -2.28. The quantitative estimate of drug-likeness (QED) is 0.855. The summed E-state index contributed by atoms with van der Waals surface area (Å²) in [6.07, 6.45) is -2.64. The minimum Gasteiger partial charge on any atom is -0.370 e. The molecule has 0 fully saturated rings. The van der Waals surface area contributed by atoms with E-state index >= 15 is 0 Å². The van der Waals surface area contributed by atoms with Crippen LogP contribution in [0.25, 0.3) is 0 Å². The van der Waals surface area contributed by atoms with Crippen LogP contribution in [-0.2, 0) is 4.74 Å². The normalized spacial score (nSPS) is 13.6. The lowest BCUT2D eigenvalue weighted by Gasteiger charge is -2.18. The van der Waals surface area contributed by atoms with E-state index < -0.39 is 12.8 Å². The fourth-order valence-corrected chi connectivity index (χ4v) is 1.50. The zero-order valence-corrected chi connectivity index (χ0v) is 10.4. The Balaban J connectivity index is 2.57. The third-order valence-corrected chi connectivity index (χ3v) is 2.34. The van der Waals surface area contributed by atoms with Crippen molar-refractivity contribution in [1.82, 2.24) is 10.3 Å². The van der Waals surface area contributed by atoms with Gasteiger partial charge in [-0.3, -0.25) is 4.98 Å². The SMILES string of the molecule is CCNC(COCC(F)(F)F)c1ccc(C)nc1. The molecule has 0 bridgehead atoms. The van der Waals surface area contributed by atoms with Crippen LogP contribution in [0.4, 0.5) is 13.2 Å². The molecule has 102 valence electrons. The number of alkyl halides is 3. The molecular formula is C12H17F3N2O. The smallest absolute Gasteiger partial charge is 0.370 e. The lowest BCUT2D eigenvalue weighted by molar-refractivity contribution is -0.175. The van der Waals surface area contributed by atoms with E-state index in [2.05, 4.69) is 15.0 Å². The molecule has 1 aromatic heterocycles. The predicted octanol–water partition coefficient (Wildman–Crippen LogP) is 2.62. The van der Waals surface area contributed by atoms with Gasteiger partial charge in [-0.2, -0.15) is 13.2 Å². The van der Waals surface area contributed by atoms with E-state index in [9.17, 15) is 13.2 Å². The second kappa shape index (κ2) is 6.70. The van der Waals surface area contributed by atoms with Crippen molar-refractivity contribution in [2.45, 2.75) is 26.1 Å². The molecule has 0 spiro atoms. The van der Waals surface area contributed by atoms with Crippen LogP contribution in [0.5, 0.6) is 0 Å². The molecule has 0 aromatic carbocycles. The number of halogens is 3.